The molecule has 9 nitrogen and oxygen atoms in total. The molecule has 5 N–H and O–H groups in total. The van der Waals surface area contributed by atoms with Crippen LogP contribution < -0.4 is 21.1 Å². The summed E-state index contributed by atoms with van der Waals surface area (Å²) in [7, 11) is 1.55. The van der Waals surface area contributed by atoms with Crippen molar-refractivity contribution in [1.29, 1.82) is 0 Å². The van der Waals surface area contributed by atoms with Crippen LogP contribution >= 0.6 is 0 Å². The first-order chi connectivity index (χ1) is 16.3. The Hall–Kier alpha value is -3.27. The molecule has 9 heteroatoms. The standard InChI is InChI=1S/C25H31N3O6/c1-25(15-34-25)22(30)20(12-16-6-4-3-5-7-16)27-24(32)21(28-23(31)19(26)14-29)13-17-8-10-18(33-2)11-9-17/h3-11,19-21,29H,12-15,26H2,1-2H3,(H,27,32)(H,28,31). The molecule has 2 aromatic carbocycles. The highest BCUT2D eigenvalue weighted by molar-refractivity contribution is 5.98. The second-order valence-electron chi connectivity index (χ2n) is 8.54. The van der Waals surface area contributed by atoms with E-state index in [0.717, 1.165) is 11.1 Å². The summed E-state index contributed by atoms with van der Waals surface area (Å²) in [6.45, 7) is 1.42. The van der Waals surface area contributed by atoms with Crippen molar-refractivity contribution in [2.24, 2.45) is 5.73 Å². The molecule has 0 aromatic heterocycles. The highest BCUT2D eigenvalue weighted by Gasteiger charge is 2.50. The Morgan fingerprint density at radius 2 is 1.56 bits per heavy atom. The maximum Gasteiger partial charge on any atom is 0.243 e. The molecule has 1 saturated heterocycles. The number of ether oxygens (including phenoxy) is 2. The maximum atomic E-state index is 13.3. The number of hydrogen-bond acceptors (Lipinski definition) is 7. The van der Waals surface area contributed by atoms with Crippen molar-refractivity contribution in [2.75, 3.05) is 20.3 Å². The minimum Gasteiger partial charge on any atom is -0.497 e. The van der Waals surface area contributed by atoms with Gasteiger partial charge in [0.25, 0.3) is 0 Å². The number of carbonyl (C=O) groups excluding carboxylic acids is 3. The fraction of sp³-hybridized carbons (Fsp3) is 0.400. The second kappa shape index (κ2) is 11.2. The van der Waals surface area contributed by atoms with Crippen LogP contribution in [0.2, 0.25) is 0 Å². The van der Waals surface area contributed by atoms with Gasteiger partial charge in [0.15, 0.2) is 5.78 Å². The van der Waals surface area contributed by atoms with Gasteiger partial charge in [0.05, 0.1) is 26.4 Å². The third-order valence-corrected chi connectivity index (χ3v) is 5.78. The number of aliphatic hydroxyl groups is 1. The molecule has 2 aromatic rings. The van der Waals surface area contributed by atoms with Gasteiger partial charge in [-0.05, 0) is 36.6 Å². The van der Waals surface area contributed by atoms with E-state index >= 15 is 0 Å². The van der Waals surface area contributed by atoms with Crippen LogP contribution in [-0.2, 0) is 32.0 Å². The first-order valence-electron chi connectivity index (χ1n) is 11.1. The van der Waals surface area contributed by atoms with E-state index in [1.165, 1.54) is 0 Å². The van der Waals surface area contributed by atoms with E-state index in [0.29, 0.717) is 12.4 Å². The van der Waals surface area contributed by atoms with Crippen molar-refractivity contribution in [3.63, 3.8) is 0 Å². The molecule has 0 bridgehead atoms. The number of ketones is 1. The fourth-order valence-electron chi connectivity index (χ4n) is 3.52. The lowest BCUT2D eigenvalue weighted by Crippen LogP contribution is -2.57. The van der Waals surface area contributed by atoms with Gasteiger partial charge in [-0.3, -0.25) is 14.4 Å². The number of rotatable bonds is 12. The van der Waals surface area contributed by atoms with Crippen molar-refractivity contribution in [3.8, 4) is 5.75 Å². The molecular formula is C25H31N3O6. The van der Waals surface area contributed by atoms with Crippen molar-refractivity contribution < 1.29 is 29.0 Å². The Balaban J connectivity index is 1.80. The van der Waals surface area contributed by atoms with E-state index in [9.17, 15) is 19.5 Å². The summed E-state index contributed by atoms with van der Waals surface area (Å²) < 4.78 is 10.5. The highest BCUT2D eigenvalue weighted by atomic mass is 16.6. The third kappa shape index (κ3) is 6.63. The van der Waals surface area contributed by atoms with Crippen LogP contribution in [0.4, 0.5) is 0 Å². The number of epoxide rings is 1. The normalized spacial score (nSPS) is 19.4. The lowest BCUT2D eigenvalue weighted by molar-refractivity contribution is -0.133. The van der Waals surface area contributed by atoms with Crippen LogP contribution in [-0.4, -0.2) is 66.8 Å². The summed E-state index contributed by atoms with van der Waals surface area (Å²) in [6.07, 6.45) is 0.434. The molecule has 1 aliphatic heterocycles. The summed E-state index contributed by atoms with van der Waals surface area (Å²) in [4.78, 5) is 38.8. The third-order valence-electron chi connectivity index (χ3n) is 5.78. The molecule has 34 heavy (non-hydrogen) atoms. The van der Waals surface area contributed by atoms with Crippen LogP contribution in [0, 0.1) is 0 Å². The summed E-state index contributed by atoms with van der Waals surface area (Å²) >= 11 is 0. The van der Waals surface area contributed by atoms with Crippen molar-refractivity contribution >= 4 is 17.6 Å². The summed E-state index contributed by atoms with van der Waals surface area (Å²) in [5, 5.41) is 14.6. The van der Waals surface area contributed by atoms with Crippen LogP contribution in [0.25, 0.3) is 0 Å². The van der Waals surface area contributed by atoms with Gasteiger partial charge in [-0.1, -0.05) is 42.5 Å². The average molecular weight is 470 g/mol. The number of hydrogen-bond donors (Lipinski definition) is 4. The molecular weight excluding hydrogens is 438 g/mol. The number of methoxy groups -OCH3 is 1. The van der Waals surface area contributed by atoms with Gasteiger partial charge in [-0.2, -0.15) is 0 Å². The van der Waals surface area contributed by atoms with Crippen LogP contribution in [0.3, 0.4) is 0 Å². The number of carbonyl (C=O) groups is 3. The number of aliphatic hydroxyl groups excluding tert-OH is 1. The van der Waals surface area contributed by atoms with E-state index in [1.54, 1.807) is 38.3 Å². The molecule has 182 valence electrons. The Labute approximate surface area is 198 Å². The van der Waals surface area contributed by atoms with E-state index in [-0.39, 0.29) is 18.6 Å². The average Bonchev–Trinajstić information content (AvgIpc) is 3.61. The van der Waals surface area contributed by atoms with Gasteiger partial charge in [0.2, 0.25) is 11.8 Å². The molecule has 4 unspecified atom stereocenters. The monoisotopic (exact) mass is 469 g/mol. The molecule has 0 radical (unpaired) electrons. The van der Waals surface area contributed by atoms with Crippen molar-refractivity contribution in [1.82, 2.24) is 10.6 Å². The molecule has 2 amide bonds. The first kappa shape index (κ1) is 25.4. The molecule has 0 aliphatic carbocycles. The summed E-state index contributed by atoms with van der Waals surface area (Å²) in [5.74, 6) is -0.777. The zero-order chi connectivity index (χ0) is 24.7. The SMILES string of the molecule is COc1ccc(CC(NC(=O)C(N)CO)C(=O)NC(Cc2ccccc2)C(=O)C2(C)CO2)cc1. The Bertz CT molecular complexity index is 991. The predicted molar refractivity (Wildman–Crippen MR) is 125 cm³/mol. The topological polar surface area (TPSA) is 143 Å². The first-order valence-corrected chi connectivity index (χ1v) is 11.1. The zero-order valence-electron chi connectivity index (χ0n) is 19.3. The number of amides is 2. The Kier molecular flexibility index (Phi) is 8.38. The molecule has 1 heterocycles. The number of benzene rings is 2. The molecule has 4 atom stereocenters. The Morgan fingerprint density at radius 1 is 1.00 bits per heavy atom. The molecule has 1 aliphatic rings. The molecule has 0 saturated carbocycles. The van der Waals surface area contributed by atoms with E-state index in [1.807, 2.05) is 30.3 Å². The van der Waals surface area contributed by atoms with E-state index in [2.05, 4.69) is 10.6 Å². The number of nitrogens with one attached hydrogen (secondary N) is 2. The molecule has 3 rings (SSSR count). The van der Waals surface area contributed by atoms with E-state index in [4.69, 9.17) is 15.2 Å². The van der Waals surface area contributed by atoms with Crippen LogP contribution in [0.15, 0.2) is 54.6 Å². The molecule has 0 spiro atoms. The van der Waals surface area contributed by atoms with Gasteiger partial charge in [-0.15, -0.1) is 0 Å². The summed E-state index contributed by atoms with van der Waals surface area (Å²) in [6, 6.07) is 13.4. The van der Waals surface area contributed by atoms with Crippen LogP contribution in [0.1, 0.15) is 18.1 Å². The Morgan fingerprint density at radius 3 is 2.12 bits per heavy atom. The zero-order valence-corrected chi connectivity index (χ0v) is 19.3. The number of nitrogens with two attached hydrogens (primary N) is 1. The molecule has 1 fully saturated rings. The fourth-order valence-corrected chi connectivity index (χ4v) is 3.52. The number of Topliss-reactive ketones (excluding diaryl/α,β-unsaturated/α-hetero) is 1. The predicted octanol–water partition coefficient (Wildman–Crippen LogP) is 0.128. The van der Waals surface area contributed by atoms with E-state index < -0.39 is 42.1 Å². The minimum absolute atomic E-state index is 0.153. The van der Waals surface area contributed by atoms with Gasteiger partial charge in [0, 0.05) is 6.42 Å². The minimum atomic E-state index is -1.17. The maximum absolute atomic E-state index is 13.3. The van der Waals surface area contributed by atoms with Gasteiger partial charge < -0.3 is 30.9 Å². The largest absolute Gasteiger partial charge is 0.497 e. The highest BCUT2D eigenvalue weighted by Crippen LogP contribution is 2.29. The van der Waals surface area contributed by atoms with Gasteiger partial charge in [-0.25, -0.2) is 0 Å². The lowest BCUT2D eigenvalue weighted by atomic mass is 9.94. The van der Waals surface area contributed by atoms with Gasteiger partial charge in [0.1, 0.15) is 23.4 Å². The smallest absolute Gasteiger partial charge is 0.243 e. The van der Waals surface area contributed by atoms with Crippen molar-refractivity contribution in [2.45, 2.75) is 43.5 Å². The second-order valence-corrected chi connectivity index (χ2v) is 8.54. The lowest BCUT2D eigenvalue weighted by Gasteiger charge is -2.25. The summed E-state index contributed by atoms with van der Waals surface area (Å²) in [5.41, 5.74) is 6.35. The van der Waals surface area contributed by atoms with Crippen LogP contribution in [0.5, 0.6) is 5.75 Å². The van der Waals surface area contributed by atoms with Gasteiger partial charge >= 0.3 is 0 Å². The quantitative estimate of drug-likeness (QED) is 0.324. The van der Waals surface area contributed by atoms with Crippen molar-refractivity contribution in [3.05, 3.63) is 65.7 Å².